The van der Waals surface area contributed by atoms with E-state index >= 15 is 0 Å². The number of sulfonamides is 1. The Morgan fingerprint density at radius 2 is 1.76 bits per heavy atom. The standard InChI is InChI=1S/C17H20Cl2N2O3S/c1-20(2)11-14(22)12-21(17-10-13(18)8-9-16(17)19)25(23,24)15-6-4-3-5-7-15/h3-10,14,22H,11-12H2,1-2H3/p+1/t14-/m0/s1. The average molecular weight is 404 g/mol. The predicted molar refractivity (Wildman–Crippen MR) is 101 cm³/mol. The lowest BCUT2D eigenvalue weighted by Gasteiger charge is -2.28. The fraction of sp³-hybridized carbons (Fsp3) is 0.294. The molecule has 0 saturated heterocycles. The number of aliphatic hydroxyl groups is 1. The van der Waals surface area contributed by atoms with E-state index in [-0.39, 0.29) is 22.2 Å². The third-order valence-electron chi connectivity index (χ3n) is 3.53. The van der Waals surface area contributed by atoms with Gasteiger partial charge in [0.25, 0.3) is 10.0 Å². The molecular formula is C17H21Cl2N2O3S+. The van der Waals surface area contributed by atoms with E-state index in [1.807, 2.05) is 14.1 Å². The molecule has 0 radical (unpaired) electrons. The Morgan fingerprint density at radius 3 is 2.36 bits per heavy atom. The highest BCUT2D eigenvalue weighted by molar-refractivity contribution is 7.92. The number of nitrogens with zero attached hydrogens (tertiary/aromatic N) is 1. The van der Waals surface area contributed by atoms with Crippen molar-refractivity contribution in [2.75, 3.05) is 31.5 Å². The van der Waals surface area contributed by atoms with E-state index in [2.05, 4.69) is 0 Å². The highest BCUT2D eigenvalue weighted by Gasteiger charge is 2.29. The second-order valence-electron chi connectivity index (χ2n) is 6.01. The molecule has 0 bridgehead atoms. The van der Waals surface area contributed by atoms with E-state index in [1.54, 1.807) is 24.3 Å². The number of aliphatic hydroxyl groups excluding tert-OH is 1. The van der Waals surface area contributed by atoms with Crippen molar-refractivity contribution in [2.24, 2.45) is 0 Å². The van der Waals surface area contributed by atoms with Crippen LogP contribution in [0.1, 0.15) is 0 Å². The molecule has 0 heterocycles. The summed E-state index contributed by atoms with van der Waals surface area (Å²) < 4.78 is 27.4. The van der Waals surface area contributed by atoms with E-state index < -0.39 is 16.1 Å². The predicted octanol–water partition coefficient (Wildman–Crippen LogP) is 1.69. The number of likely N-dealkylation sites (N-methyl/N-ethyl adjacent to an activating group) is 1. The highest BCUT2D eigenvalue weighted by Crippen LogP contribution is 2.33. The molecule has 0 aliphatic rings. The monoisotopic (exact) mass is 403 g/mol. The van der Waals surface area contributed by atoms with Gasteiger partial charge in [0.05, 0.1) is 36.2 Å². The average Bonchev–Trinajstić information content (AvgIpc) is 2.55. The largest absolute Gasteiger partial charge is 0.385 e. The first-order chi connectivity index (χ1) is 11.7. The van der Waals surface area contributed by atoms with E-state index in [1.165, 1.54) is 24.3 Å². The van der Waals surface area contributed by atoms with Gasteiger partial charge in [0.1, 0.15) is 12.6 Å². The molecule has 0 saturated carbocycles. The van der Waals surface area contributed by atoms with Gasteiger partial charge in [-0.2, -0.15) is 0 Å². The van der Waals surface area contributed by atoms with Crippen LogP contribution in [0.25, 0.3) is 0 Å². The maximum absolute atomic E-state index is 13.1. The van der Waals surface area contributed by atoms with Crippen LogP contribution in [-0.4, -0.2) is 46.8 Å². The molecule has 1 atom stereocenters. The number of hydrogen-bond donors (Lipinski definition) is 2. The van der Waals surface area contributed by atoms with Crippen molar-refractivity contribution in [2.45, 2.75) is 11.0 Å². The lowest BCUT2D eigenvalue weighted by atomic mass is 10.3. The first-order valence-electron chi connectivity index (χ1n) is 7.71. The first kappa shape index (κ1) is 20.0. The number of rotatable bonds is 7. The minimum absolute atomic E-state index is 0.121. The van der Waals surface area contributed by atoms with Gasteiger partial charge in [-0.1, -0.05) is 41.4 Å². The Hall–Kier alpha value is -1.31. The third-order valence-corrected chi connectivity index (χ3v) is 5.88. The number of nitrogens with one attached hydrogen (secondary N) is 1. The second kappa shape index (κ2) is 8.38. The quantitative estimate of drug-likeness (QED) is 0.739. The summed E-state index contributed by atoms with van der Waals surface area (Å²) in [4.78, 5) is 1.12. The van der Waals surface area contributed by atoms with E-state index in [4.69, 9.17) is 23.2 Å². The van der Waals surface area contributed by atoms with Crippen molar-refractivity contribution in [1.82, 2.24) is 0 Å². The Balaban J connectivity index is 2.51. The molecule has 25 heavy (non-hydrogen) atoms. The Kier molecular flexibility index (Phi) is 6.71. The van der Waals surface area contributed by atoms with Crippen LogP contribution in [0.4, 0.5) is 5.69 Å². The molecule has 2 rings (SSSR count). The van der Waals surface area contributed by atoms with Crippen LogP contribution >= 0.6 is 23.2 Å². The van der Waals surface area contributed by atoms with Crippen molar-refractivity contribution in [3.63, 3.8) is 0 Å². The van der Waals surface area contributed by atoms with Crippen molar-refractivity contribution < 1.29 is 18.4 Å². The Labute approximate surface area is 158 Å². The van der Waals surface area contributed by atoms with Crippen molar-refractivity contribution in [3.05, 3.63) is 58.6 Å². The molecule has 2 aromatic carbocycles. The fourth-order valence-corrected chi connectivity index (χ4v) is 4.42. The van der Waals surface area contributed by atoms with Gasteiger partial charge in [-0.05, 0) is 30.3 Å². The van der Waals surface area contributed by atoms with Crippen molar-refractivity contribution in [1.29, 1.82) is 0 Å². The molecule has 2 aromatic rings. The van der Waals surface area contributed by atoms with Crippen LogP contribution in [0.5, 0.6) is 0 Å². The van der Waals surface area contributed by atoms with Gasteiger partial charge in [0.2, 0.25) is 0 Å². The molecule has 0 amide bonds. The summed E-state index contributed by atoms with van der Waals surface area (Å²) >= 11 is 12.3. The SMILES string of the molecule is C[NH+](C)C[C@H](O)CN(c1cc(Cl)ccc1Cl)S(=O)(=O)c1ccccc1. The summed E-state index contributed by atoms with van der Waals surface area (Å²) in [6.45, 7) is 0.265. The van der Waals surface area contributed by atoms with Crippen LogP contribution in [0.3, 0.4) is 0 Å². The molecule has 0 fully saturated rings. The van der Waals surface area contributed by atoms with Gasteiger partial charge in [0, 0.05) is 5.02 Å². The summed E-state index contributed by atoms with van der Waals surface area (Å²) in [6.07, 6.45) is -0.862. The fourth-order valence-electron chi connectivity index (χ4n) is 2.45. The number of hydrogen-bond acceptors (Lipinski definition) is 3. The lowest BCUT2D eigenvalue weighted by Crippen LogP contribution is -3.07. The van der Waals surface area contributed by atoms with Gasteiger partial charge < -0.3 is 10.0 Å². The zero-order valence-electron chi connectivity index (χ0n) is 14.0. The molecule has 0 aliphatic heterocycles. The van der Waals surface area contributed by atoms with Crippen LogP contribution in [0.15, 0.2) is 53.4 Å². The molecule has 8 heteroatoms. The molecular weight excluding hydrogens is 383 g/mol. The van der Waals surface area contributed by atoms with Crippen molar-refractivity contribution >= 4 is 38.9 Å². The molecule has 0 spiro atoms. The van der Waals surface area contributed by atoms with Crippen LogP contribution in [0.2, 0.25) is 10.0 Å². The normalized spacial score (nSPS) is 13.0. The van der Waals surface area contributed by atoms with Gasteiger partial charge in [-0.25, -0.2) is 8.42 Å². The summed E-state index contributed by atoms with van der Waals surface area (Å²) in [7, 11) is -0.142. The summed E-state index contributed by atoms with van der Waals surface area (Å²) in [5.74, 6) is 0. The van der Waals surface area contributed by atoms with Crippen LogP contribution < -0.4 is 9.21 Å². The van der Waals surface area contributed by atoms with Gasteiger partial charge in [0.15, 0.2) is 0 Å². The Bertz CT molecular complexity index is 814. The molecule has 0 unspecified atom stereocenters. The van der Waals surface area contributed by atoms with E-state index in [0.717, 1.165) is 9.21 Å². The van der Waals surface area contributed by atoms with Crippen LogP contribution in [-0.2, 0) is 10.0 Å². The zero-order chi connectivity index (χ0) is 18.6. The van der Waals surface area contributed by atoms with Crippen molar-refractivity contribution in [3.8, 4) is 0 Å². The minimum atomic E-state index is -3.90. The minimum Gasteiger partial charge on any atom is -0.385 e. The van der Waals surface area contributed by atoms with Gasteiger partial charge in [-0.15, -0.1) is 0 Å². The smallest absolute Gasteiger partial charge is 0.264 e. The zero-order valence-corrected chi connectivity index (χ0v) is 16.3. The first-order valence-corrected chi connectivity index (χ1v) is 9.91. The maximum atomic E-state index is 13.1. The Morgan fingerprint density at radius 1 is 1.12 bits per heavy atom. The molecule has 2 N–H and O–H groups in total. The summed E-state index contributed by atoms with van der Waals surface area (Å²) in [5, 5.41) is 10.9. The van der Waals surface area contributed by atoms with Crippen LogP contribution in [0, 0.1) is 0 Å². The molecule has 0 aromatic heterocycles. The number of benzene rings is 2. The third kappa shape index (κ3) is 5.09. The van der Waals surface area contributed by atoms with E-state index in [0.29, 0.717) is 11.6 Å². The molecule has 136 valence electrons. The summed E-state index contributed by atoms with van der Waals surface area (Å²) in [6, 6.07) is 12.6. The summed E-state index contributed by atoms with van der Waals surface area (Å²) in [5.41, 5.74) is 0.242. The number of anilines is 1. The van der Waals surface area contributed by atoms with Gasteiger partial charge in [-0.3, -0.25) is 4.31 Å². The number of quaternary nitrogens is 1. The molecule has 5 nitrogen and oxygen atoms in total. The van der Waals surface area contributed by atoms with E-state index in [9.17, 15) is 13.5 Å². The number of halogens is 2. The topological polar surface area (TPSA) is 62.1 Å². The maximum Gasteiger partial charge on any atom is 0.264 e. The molecule has 0 aliphatic carbocycles. The van der Waals surface area contributed by atoms with Gasteiger partial charge >= 0.3 is 0 Å². The lowest BCUT2D eigenvalue weighted by molar-refractivity contribution is -0.861. The highest BCUT2D eigenvalue weighted by atomic mass is 35.5. The second-order valence-corrected chi connectivity index (χ2v) is 8.72.